The van der Waals surface area contributed by atoms with E-state index in [4.69, 9.17) is 13.7 Å². The Bertz CT molecular complexity index is 1390. The zero-order chi connectivity index (χ0) is 27.4. The fourth-order valence-electron chi connectivity index (χ4n) is 3.64. The number of amides is 2. The first kappa shape index (κ1) is 26.9. The summed E-state index contributed by atoms with van der Waals surface area (Å²) in [5, 5.41) is 12.7. The van der Waals surface area contributed by atoms with Crippen LogP contribution in [0.2, 0.25) is 0 Å². The van der Waals surface area contributed by atoms with Crippen molar-refractivity contribution in [1.82, 2.24) is 10.2 Å². The number of hydrogen-bond acceptors (Lipinski definition) is 11. The number of esters is 1. The molecule has 15 heteroatoms. The summed E-state index contributed by atoms with van der Waals surface area (Å²) in [6, 6.07) is 12.9. The smallest absolute Gasteiger partial charge is 0.359 e. The van der Waals surface area contributed by atoms with Gasteiger partial charge in [-0.15, -0.1) is 11.8 Å². The van der Waals surface area contributed by atoms with Crippen LogP contribution in [0.5, 0.6) is 5.75 Å². The second-order valence-corrected chi connectivity index (χ2v) is 10.8. The number of nitro groups is 1. The van der Waals surface area contributed by atoms with Crippen LogP contribution in [0.25, 0.3) is 0 Å². The molecule has 2 atom stereocenters. The Morgan fingerprint density at radius 1 is 1.16 bits per heavy atom. The van der Waals surface area contributed by atoms with Gasteiger partial charge in [0, 0.05) is 12.1 Å². The maximum Gasteiger partial charge on any atom is 0.359 e. The molecule has 200 valence electrons. The van der Waals surface area contributed by atoms with E-state index in [1.165, 1.54) is 24.3 Å². The third-order valence-corrected chi connectivity index (χ3v) is 7.08. The number of β-lactam (4-membered cyclic amide) rings is 1. The molecule has 2 amide bonds. The van der Waals surface area contributed by atoms with E-state index in [1.807, 2.05) is 0 Å². The molecular weight excluding hydrogens is 542 g/mol. The van der Waals surface area contributed by atoms with Gasteiger partial charge < -0.3 is 19.0 Å². The van der Waals surface area contributed by atoms with Crippen LogP contribution >= 0.6 is 11.8 Å². The number of non-ortho nitro benzene ring substituents is 1. The van der Waals surface area contributed by atoms with E-state index in [0.717, 1.165) is 22.9 Å². The molecule has 1 saturated heterocycles. The number of thioether (sulfide) groups is 1. The Kier molecular flexibility index (Phi) is 7.87. The standard InChI is InChI=1S/C23H21N3O10S2/c1-38(32,33)36-17-13-37-22-19(24-18(27)12-34-16-5-3-2-4-6-16)21(28)25(22)20(17)23(29)35-11-14-7-9-15(10-8-14)26(30)31/h2-10,19,22H,11-13H2,1H3,(H,24,27)/t19?,22-/m0/s1. The molecule has 13 nitrogen and oxygen atoms in total. The molecule has 0 spiro atoms. The molecule has 2 aliphatic heterocycles. The Hall–Kier alpha value is -4.11. The molecule has 2 aromatic carbocycles. The summed E-state index contributed by atoms with van der Waals surface area (Å²) in [6.45, 7) is -0.642. The minimum absolute atomic E-state index is 0.0869. The third-order valence-electron chi connectivity index (χ3n) is 5.33. The number of ether oxygens (including phenoxy) is 2. The van der Waals surface area contributed by atoms with Gasteiger partial charge in [0.1, 0.15) is 23.8 Å². The zero-order valence-electron chi connectivity index (χ0n) is 19.8. The van der Waals surface area contributed by atoms with E-state index < -0.39 is 49.9 Å². The lowest BCUT2D eigenvalue weighted by molar-refractivity contribution is -0.384. The van der Waals surface area contributed by atoms with Gasteiger partial charge in [-0.25, -0.2) is 4.79 Å². The van der Waals surface area contributed by atoms with Gasteiger partial charge >= 0.3 is 16.1 Å². The number of carbonyl (C=O) groups excluding carboxylic acids is 3. The fraction of sp³-hybridized carbons (Fsp3) is 0.261. The summed E-state index contributed by atoms with van der Waals surface area (Å²) in [4.78, 5) is 49.6. The van der Waals surface area contributed by atoms with Gasteiger partial charge in [-0.1, -0.05) is 18.2 Å². The highest BCUT2D eigenvalue weighted by Crippen LogP contribution is 2.41. The van der Waals surface area contributed by atoms with Crippen LogP contribution in [0.1, 0.15) is 5.56 Å². The average Bonchev–Trinajstić information content (AvgIpc) is 2.88. The molecule has 0 bridgehead atoms. The van der Waals surface area contributed by atoms with Crippen molar-refractivity contribution in [2.75, 3.05) is 18.6 Å². The van der Waals surface area contributed by atoms with Crippen LogP contribution in [0.3, 0.4) is 0 Å². The first-order valence-electron chi connectivity index (χ1n) is 11.0. The van der Waals surface area contributed by atoms with E-state index in [0.29, 0.717) is 11.3 Å². The van der Waals surface area contributed by atoms with Crippen molar-refractivity contribution in [3.05, 3.63) is 81.7 Å². The Balaban J connectivity index is 1.45. The second-order valence-electron chi connectivity index (χ2n) is 8.12. The fourth-order valence-corrected chi connectivity index (χ4v) is 5.47. The van der Waals surface area contributed by atoms with Crippen molar-refractivity contribution in [1.29, 1.82) is 0 Å². The van der Waals surface area contributed by atoms with Gasteiger partial charge in [0.2, 0.25) is 0 Å². The van der Waals surface area contributed by atoms with Crippen molar-refractivity contribution in [3.8, 4) is 5.75 Å². The zero-order valence-corrected chi connectivity index (χ0v) is 21.4. The Morgan fingerprint density at radius 2 is 1.84 bits per heavy atom. The molecule has 2 aliphatic rings. The van der Waals surface area contributed by atoms with E-state index in [1.54, 1.807) is 30.3 Å². The second kappa shape index (κ2) is 11.1. The molecule has 38 heavy (non-hydrogen) atoms. The maximum absolute atomic E-state index is 13.0. The van der Waals surface area contributed by atoms with Crippen LogP contribution in [-0.2, 0) is 40.0 Å². The molecule has 1 unspecified atom stereocenters. The van der Waals surface area contributed by atoms with Crippen LogP contribution in [0.15, 0.2) is 66.1 Å². The lowest BCUT2D eigenvalue weighted by Gasteiger charge is -2.49. The minimum Gasteiger partial charge on any atom is -0.484 e. The summed E-state index contributed by atoms with van der Waals surface area (Å²) in [6.07, 6.45) is 0.796. The van der Waals surface area contributed by atoms with Gasteiger partial charge in [-0.05, 0) is 29.8 Å². The Labute approximate surface area is 221 Å². The summed E-state index contributed by atoms with van der Waals surface area (Å²) in [7, 11) is -4.04. The number of nitro benzene ring substituents is 1. The third kappa shape index (κ3) is 6.23. The highest BCUT2D eigenvalue weighted by atomic mass is 32.2. The first-order chi connectivity index (χ1) is 18.0. The molecule has 2 heterocycles. The van der Waals surface area contributed by atoms with Crippen molar-refractivity contribution >= 4 is 45.4 Å². The predicted octanol–water partition coefficient (Wildman–Crippen LogP) is 1.30. The highest BCUT2D eigenvalue weighted by molar-refractivity contribution is 8.00. The van der Waals surface area contributed by atoms with Crippen molar-refractivity contribution in [2.45, 2.75) is 18.0 Å². The van der Waals surface area contributed by atoms with Gasteiger partial charge in [0.05, 0.1) is 16.9 Å². The minimum atomic E-state index is -4.04. The SMILES string of the molecule is CS(=O)(=O)OC1=C(C(=O)OCc2ccc([N+](=O)[O-])cc2)N2C(=O)C(NC(=O)COc3ccccc3)[C@@H]2SC1. The number of benzene rings is 2. The number of rotatable bonds is 10. The first-order valence-corrected chi connectivity index (χ1v) is 13.8. The number of para-hydroxylation sites is 1. The van der Waals surface area contributed by atoms with Gasteiger partial charge in [0.25, 0.3) is 17.5 Å². The summed E-state index contributed by atoms with van der Waals surface area (Å²) >= 11 is 1.10. The highest BCUT2D eigenvalue weighted by Gasteiger charge is 2.55. The lowest BCUT2D eigenvalue weighted by atomic mass is 10.0. The monoisotopic (exact) mass is 563 g/mol. The largest absolute Gasteiger partial charge is 0.484 e. The number of nitrogens with one attached hydrogen (secondary N) is 1. The topological polar surface area (TPSA) is 171 Å². The number of fused-ring (bicyclic) bond motifs is 1. The van der Waals surface area contributed by atoms with E-state index in [2.05, 4.69) is 5.32 Å². The summed E-state index contributed by atoms with van der Waals surface area (Å²) in [5.41, 5.74) is -0.111. The molecule has 2 aromatic rings. The average molecular weight is 564 g/mol. The van der Waals surface area contributed by atoms with Gasteiger partial charge in [-0.2, -0.15) is 8.42 Å². The van der Waals surface area contributed by atoms with Crippen LogP contribution in [0.4, 0.5) is 5.69 Å². The van der Waals surface area contributed by atoms with E-state index in [9.17, 15) is 32.9 Å². The lowest BCUT2D eigenvalue weighted by Crippen LogP contribution is -2.71. The van der Waals surface area contributed by atoms with Crippen molar-refractivity contribution in [3.63, 3.8) is 0 Å². The number of nitrogens with zero attached hydrogens (tertiary/aromatic N) is 2. The molecule has 0 radical (unpaired) electrons. The number of carbonyl (C=O) groups is 3. The van der Waals surface area contributed by atoms with Crippen LogP contribution in [0, 0.1) is 10.1 Å². The normalized spacial score (nSPS) is 18.7. The van der Waals surface area contributed by atoms with Crippen LogP contribution < -0.4 is 10.1 Å². The molecule has 0 aliphatic carbocycles. The summed E-state index contributed by atoms with van der Waals surface area (Å²) in [5.74, 6) is -2.15. The molecule has 1 N–H and O–H groups in total. The quantitative estimate of drug-likeness (QED) is 0.145. The van der Waals surface area contributed by atoms with Gasteiger partial charge in [0.15, 0.2) is 18.1 Å². The molecule has 0 aromatic heterocycles. The predicted molar refractivity (Wildman–Crippen MR) is 133 cm³/mol. The molecule has 4 rings (SSSR count). The molecule has 1 fully saturated rings. The van der Waals surface area contributed by atoms with Gasteiger partial charge in [-0.3, -0.25) is 24.6 Å². The Morgan fingerprint density at radius 3 is 2.47 bits per heavy atom. The van der Waals surface area contributed by atoms with Crippen LogP contribution in [-0.4, -0.2) is 66.1 Å². The number of hydrogen-bond donors (Lipinski definition) is 1. The van der Waals surface area contributed by atoms with E-state index >= 15 is 0 Å². The molecule has 0 saturated carbocycles. The van der Waals surface area contributed by atoms with Crippen molar-refractivity contribution in [2.24, 2.45) is 0 Å². The van der Waals surface area contributed by atoms with Crippen molar-refractivity contribution < 1.29 is 41.4 Å². The maximum atomic E-state index is 13.0. The van der Waals surface area contributed by atoms with E-state index in [-0.39, 0.29) is 30.4 Å². The molecular formula is C23H21N3O10S2. The summed E-state index contributed by atoms with van der Waals surface area (Å²) < 4.78 is 39.2.